The number of rotatable bonds is 6. The average molecular weight is 330 g/mol. The standard InChI is InChI=1S/C17H15ClN2O3/c18-10-11-20-17(21)23-16(19-20)14-6-8-15(9-7-14)22-12-13-4-2-1-3-5-13/h1-9H,10-12H2/i17-1. The van der Waals surface area contributed by atoms with Crippen LogP contribution in [0.5, 0.6) is 5.75 Å². The second-order valence-electron chi connectivity index (χ2n) is 4.88. The van der Waals surface area contributed by atoms with Gasteiger partial charge in [-0.05, 0) is 29.8 Å². The SMILES string of the molecule is O=[11c]1oc(-c2ccc(OCc3ccccc3)cc2)nn1CCCl. The van der Waals surface area contributed by atoms with E-state index in [2.05, 4.69) is 5.10 Å². The van der Waals surface area contributed by atoms with E-state index in [0.717, 1.165) is 11.3 Å². The summed E-state index contributed by atoms with van der Waals surface area (Å²) in [5, 5.41) is 4.11. The number of nitrogens with zero attached hydrogens (tertiary/aromatic N) is 2. The Morgan fingerprint density at radius 3 is 2.52 bits per heavy atom. The largest absolute Gasteiger partial charge is 0.489 e. The molecule has 1 aromatic heterocycles. The molecule has 118 valence electrons. The lowest BCUT2D eigenvalue weighted by atomic mass is 10.2. The van der Waals surface area contributed by atoms with Crippen LogP contribution in [0.2, 0.25) is 0 Å². The number of aryl methyl sites for hydroxylation is 1. The third kappa shape index (κ3) is 3.81. The van der Waals surface area contributed by atoms with Gasteiger partial charge in [-0.2, -0.15) is 4.68 Å². The lowest BCUT2D eigenvalue weighted by molar-refractivity contribution is 0.306. The van der Waals surface area contributed by atoms with Gasteiger partial charge in [0.2, 0.25) is 5.89 Å². The first-order chi connectivity index (χ1) is 11.3. The van der Waals surface area contributed by atoms with Crippen molar-refractivity contribution in [3.8, 4) is 17.2 Å². The fourth-order valence-corrected chi connectivity index (χ4v) is 2.24. The van der Waals surface area contributed by atoms with Gasteiger partial charge in [-0.3, -0.25) is 0 Å². The van der Waals surface area contributed by atoms with Gasteiger partial charge < -0.3 is 9.15 Å². The van der Waals surface area contributed by atoms with Crippen LogP contribution < -0.4 is 10.5 Å². The number of hydrogen-bond donors (Lipinski definition) is 0. The van der Waals surface area contributed by atoms with E-state index in [4.69, 9.17) is 20.8 Å². The van der Waals surface area contributed by atoms with E-state index in [1.807, 2.05) is 42.5 Å². The summed E-state index contributed by atoms with van der Waals surface area (Å²) in [6.07, 6.45) is 0. The number of alkyl halides is 1. The zero-order chi connectivity index (χ0) is 16.1. The van der Waals surface area contributed by atoms with Gasteiger partial charge in [0.25, 0.3) is 0 Å². The van der Waals surface area contributed by atoms with E-state index in [1.165, 1.54) is 4.68 Å². The molecule has 0 atom stereocenters. The summed E-state index contributed by atoms with van der Waals surface area (Å²) in [7, 11) is 0. The van der Waals surface area contributed by atoms with E-state index in [9.17, 15) is 4.79 Å². The van der Waals surface area contributed by atoms with E-state index in [1.54, 1.807) is 12.1 Å². The van der Waals surface area contributed by atoms with Gasteiger partial charge in [0.1, 0.15) is 12.4 Å². The average Bonchev–Trinajstić information content (AvgIpc) is 2.96. The summed E-state index contributed by atoms with van der Waals surface area (Å²) in [4.78, 5) is 11.6. The Hall–Kier alpha value is -2.53. The molecular weight excluding hydrogens is 315 g/mol. The van der Waals surface area contributed by atoms with Gasteiger partial charge >= 0.3 is 5.76 Å². The molecule has 3 rings (SSSR count). The molecule has 0 spiro atoms. The topological polar surface area (TPSA) is 57.3 Å². The molecule has 0 fully saturated rings. The fraction of sp³-hybridized carbons (Fsp3) is 0.176. The minimum atomic E-state index is -0.509. The Kier molecular flexibility index (Phi) is 4.78. The normalized spacial score (nSPS) is 10.7. The van der Waals surface area contributed by atoms with Crippen molar-refractivity contribution in [3.05, 3.63) is 70.7 Å². The predicted molar refractivity (Wildman–Crippen MR) is 87.7 cm³/mol. The summed E-state index contributed by atoms with van der Waals surface area (Å²) in [5.41, 5.74) is 1.81. The molecule has 6 heteroatoms. The van der Waals surface area contributed by atoms with Gasteiger partial charge in [0.15, 0.2) is 0 Å². The lowest BCUT2D eigenvalue weighted by Crippen LogP contribution is -2.16. The summed E-state index contributed by atoms with van der Waals surface area (Å²) in [6, 6.07) is 17.2. The van der Waals surface area contributed by atoms with E-state index >= 15 is 0 Å². The van der Waals surface area contributed by atoms with E-state index in [0.29, 0.717) is 24.6 Å². The van der Waals surface area contributed by atoms with Crippen molar-refractivity contribution >= 4 is 11.6 Å². The number of aromatic nitrogens is 2. The molecular formula is C17H15ClN2O3. The molecule has 1 heterocycles. The van der Waals surface area contributed by atoms with Crippen molar-refractivity contribution in [3.63, 3.8) is 0 Å². The first-order valence-corrected chi connectivity index (χ1v) is 7.71. The van der Waals surface area contributed by atoms with Crippen LogP contribution in [0.25, 0.3) is 11.5 Å². The molecule has 0 amide bonds. The molecule has 0 radical (unpaired) electrons. The van der Waals surface area contributed by atoms with Crippen molar-refractivity contribution in [2.24, 2.45) is 0 Å². The molecule has 0 saturated carbocycles. The monoisotopic (exact) mass is 329 g/mol. The number of benzene rings is 2. The lowest BCUT2D eigenvalue weighted by Gasteiger charge is -2.06. The Morgan fingerprint density at radius 1 is 1.09 bits per heavy atom. The molecule has 23 heavy (non-hydrogen) atoms. The van der Waals surface area contributed by atoms with Crippen molar-refractivity contribution in [2.45, 2.75) is 13.2 Å². The molecule has 0 unspecified atom stereocenters. The number of halogens is 1. The maximum atomic E-state index is 11.6. The highest BCUT2D eigenvalue weighted by molar-refractivity contribution is 6.17. The molecule has 5 nitrogen and oxygen atoms in total. The molecule has 0 aliphatic rings. The van der Waals surface area contributed by atoms with Gasteiger partial charge in [0, 0.05) is 11.4 Å². The minimum absolute atomic E-state index is 0.273. The predicted octanol–water partition coefficient (Wildman–Crippen LogP) is 3.32. The van der Waals surface area contributed by atoms with Crippen molar-refractivity contribution in [1.82, 2.24) is 9.78 Å². The van der Waals surface area contributed by atoms with Crippen LogP contribution >= 0.6 is 11.6 Å². The van der Waals surface area contributed by atoms with Crippen LogP contribution in [0.3, 0.4) is 0 Å². The smallest absolute Gasteiger partial charge is 0.437 e. The maximum absolute atomic E-state index is 11.6. The Bertz CT molecular complexity index is 810. The summed E-state index contributed by atoms with van der Waals surface area (Å²) in [6.45, 7) is 0.821. The zero-order valence-electron chi connectivity index (χ0n) is 12.3. The van der Waals surface area contributed by atoms with Crippen LogP contribution in [0.15, 0.2) is 63.8 Å². The van der Waals surface area contributed by atoms with Gasteiger partial charge in [-0.15, -0.1) is 16.7 Å². The van der Waals surface area contributed by atoms with Crippen LogP contribution in [-0.4, -0.2) is 15.7 Å². The van der Waals surface area contributed by atoms with E-state index < -0.39 is 5.76 Å². The van der Waals surface area contributed by atoms with Crippen LogP contribution in [0.4, 0.5) is 0 Å². The fourth-order valence-electron chi connectivity index (χ4n) is 2.08. The Balaban J connectivity index is 1.69. The highest BCUT2D eigenvalue weighted by Crippen LogP contribution is 2.20. The molecule has 0 aliphatic heterocycles. The van der Waals surface area contributed by atoms with Crippen LogP contribution in [0, 0.1) is 0 Å². The third-order valence-corrected chi connectivity index (χ3v) is 3.42. The molecule has 0 bridgehead atoms. The molecule has 0 aliphatic carbocycles. The Morgan fingerprint density at radius 2 is 1.83 bits per heavy atom. The third-order valence-electron chi connectivity index (χ3n) is 3.25. The quantitative estimate of drug-likeness (QED) is 0.651. The van der Waals surface area contributed by atoms with Crippen LogP contribution in [-0.2, 0) is 13.2 Å². The summed E-state index contributed by atoms with van der Waals surface area (Å²) >= 11 is 5.61. The first-order valence-electron chi connectivity index (χ1n) is 7.17. The van der Waals surface area contributed by atoms with E-state index in [-0.39, 0.29) is 5.89 Å². The summed E-state index contributed by atoms with van der Waals surface area (Å²) in [5.74, 6) is 0.804. The molecule has 0 N–H and O–H groups in total. The second kappa shape index (κ2) is 7.15. The first kappa shape index (κ1) is 15.4. The zero-order valence-corrected chi connectivity index (χ0v) is 13.1. The Labute approximate surface area is 138 Å². The highest BCUT2D eigenvalue weighted by Gasteiger charge is 2.10. The highest BCUT2D eigenvalue weighted by atomic mass is 35.5. The summed E-state index contributed by atoms with van der Waals surface area (Å²) < 4.78 is 12.0. The molecule has 2 aromatic carbocycles. The molecule has 3 aromatic rings. The molecule has 0 saturated heterocycles. The van der Waals surface area contributed by atoms with Crippen molar-refractivity contribution in [2.75, 3.05) is 5.88 Å². The van der Waals surface area contributed by atoms with Crippen LogP contribution in [0.1, 0.15) is 5.56 Å². The second-order valence-corrected chi connectivity index (χ2v) is 5.26. The van der Waals surface area contributed by atoms with Crippen molar-refractivity contribution in [1.29, 1.82) is 0 Å². The van der Waals surface area contributed by atoms with Gasteiger partial charge in [-0.1, -0.05) is 30.3 Å². The number of hydrogen-bond acceptors (Lipinski definition) is 4. The number of ether oxygens (including phenoxy) is 1. The van der Waals surface area contributed by atoms with Gasteiger partial charge in [-0.25, -0.2) is 4.79 Å². The maximum Gasteiger partial charge on any atom is 0.437 e. The minimum Gasteiger partial charge on any atom is -0.489 e. The van der Waals surface area contributed by atoms with Crippen molar-refractivity contribution < 1.29 is 9.15 Å². The van der Waals surface area contributed by atoms with Gasteiger partial charge in [0.05, 0.1) is 6.54 Å².